The Morgan fingerprint density at radius 1 is 1.00 bits per heavy atom. The van der Waals surface area contributed by atoms with Gasteiger partial charge in [0, 0.05) is 23.6 Å². The van der Waals surface area contributed by atoms with Gasteiger partial charge >= 0.3 is 12.1 Å². The first-order chi connectivity index (χ1) is 18.7. The number of Topliss-reactive ketones (excluding diaryl/α,β-unsaturated/α-hetero) is 1. The van der Waals surface area contributed by atoms with Gasteiger partial charge in [0.25, 0.3) is 0 Å². The van der Waals surface area contributed by atoms with Gasteiger partial charge in [-0.1, -0.05) is 42.5 Å². The summed E-state index contributed by atoms with van der Waals surface area (Å²) in [5.41, 5.74) is 2.18. The van der Waals surface area contributed by atoms with Crippen LogP contribution in [0.1, 0.15) is 42.9 Å². The van der Waals surface area contributed by atoms with Gasteiger partial charge in [-0.25, -0.2) is 0 Å². The molecule has 3 aromatic carbocycles. The number of anilines is 2. The van der Waals surface area contributed by atoms with E-state index < -0.39 is 18.1 Å². The fraction of sp³-hybridized carbons (Fsp3) is 0.267. The third-order valence-electron chi connectivity index (χ3n) is 7.04. The predicted octanol–water partition coefficient (Wildman–Crippen LogP) is 6.56. The number of hydrogen-bond donors (Lipinski definition) is 1. The Kier molecular flexibility index (Phi) is 7.08. The molecule has 2 aliphatic rings. The summed E-state index contributed by atoms with van der Waals surface area (Å²) in [4.78, 5) is 27.6. The molecular weight excluding hydrogens is 509 g/mol. The monoisotopic (exact) mass is 536 g/mol. The average molecular weight is 537 g/mol. The first-order valence-corrected chi connectivity index (χ1v) is 12.6. The number of carbonyl (C=O) groups is 2. The number of carbonyl (C=O) groups excluding carboxylic acids is 2. The molecule has 0 radical (unpaired) electrons. The number of fused-ring (bicyclic) bond motifs is 1. The molecule has 5 rings (SSSR count). The van der Waals surface area contributed by atoms with Crippen LogP contribution in [0, 0.1) is 0 Å². The minimum Gasteiger partial charge on any atom is -0.497 e. The lowest BCUT2D eigenvalue weighted by atomic mass is 9.78. The van der Waals surface area contributed by atoms with Gasteiger partial charge in [0.2, 0.25) is 0 Å². The molecule has 2 atom stereocenters. The number of nitrogens with one attached hydrogen (secondary N) is 1. The Morgan fingerprint density at radius 2 is 1.69 bits per heavy atom. The fourth-order valence-electron chi connectivity index (χ4n) is 5.38. The molecule has 0 spiro atoms. The van der Waals surface area contributed by atoms with E-state index in [2.05, 4.69) is 5.32 Å². The maximum atomic E-state index is 14.0. The van der Waals surface area contributed by atoms with E-state index >= 15 is 0 Å². The molecule has 9 heteroatoms. The zero-order valence-electron chi connectivity index (χ0n) is 21.4. The fourth-order valence-corrected chi connectivity index (χ4v) is 5.38. The largest absolute Gasteiger partial charge is 0.497 e. The molecule has 3 aromatic rings. The van der Waals surface area contributed by atoms with E-state index in [9.17, 15) is 22.8 Å². The summed E-state index contributed by atoms with van der Waals surface area (Å²) >= 11 is 0. The molecule has 0 saturated carbocycles. The van der Waals surface area contributed by atoms with E-state index in [-0.39, 0.29) is 29.4 Å². The SMILES string of the molecule is CCOc1ccccc1C1CC(=O)C2=C(C1)Nc1ccccc1N(C(=O)C(F)(F)F)C2c1ccc(OC)cc1. The number of ketones is 1. The van der Waals surface area contributed by atoms with Crippen LogP contribution in [0.5, 0.6) is 11.5 Å². The van der Waals surface area contributed by atoms with Gasteiger partial charge in [-0.05, 0) is 54.8 Å². The van der Waals surface area contributed by atoms with Crippen LogP contribution in [0.15, 0.2) is 84.1 Å². The molecule has 1 aliphatic carbocycles. The second-order valence-corrected chi connectivity index (χ2v) is 9.38. The number of halogens is 3. The molecule has 1 heterocycles. The molecule has 0 bridgehead atoms. The third-order valence-corrected chi connectivity index (χ3v) is 7.04. The third kappa shape index (κ3) is 4.96. The first kappa shape index (κ1) is 26.3. The van der Waals surface area contributed by atoms with E-state index in [4.69, 9.17) is 9.47 Å². The van der Waals surface area contributed by atoms with Gasteiger partial charge in [-0.2, -0.15) is 13.2 Å². The van der Waals surface area contributed by atoms with Crippen molar-refractivity contribution in [1.29, 1.82) is 0 Å². The molecule has 0 saturated heterocycles. The number of allylic oxidation sites excluding steroid dienone is 1. The maximum Gasteiger partial charge on any atom is 0.471 e. The van der Waals surface area contributed by atoms with Crippen molar-refractivity contribution < 1.29 is 32.2 Å². The Morgan fingerprint density at radius 3 is 2.38 bits per heavy atom. The van der Waals surface area contributed by atoms with Crippen LogP contribution in [0.2, 0.25) is 0 Å². The van der Waals surface area contributed by atoms with Crippen molar-refractivity contribution in [2.24, 2.45) is 0 Å². The Labute approximate surface area is 224 Å². The highest BCUT2D eigenvalue weighted by atomic mass is 19.4. The summed E-state index contributed by atoms with van der Waals surface area (Å²) in [7, 11) is 1.48. The quantitative estimate of drug-likeness (QED) is 0.400. The zero-order valence-corrected chi connectivity index (χ0v) is 21.4. The number of ether oxygens (including phenoxy) is 2. The highest BCUT2D eigenvalue weighted by Crippen LogP contribution is 2.49. The number of rotatable bonds is 5. The average Bonchev–Trinajstić information content (AvgIpc) is 3.07. The van der Waals surface area contributed by atoms with Gasteiger partial charge in [0.15, 0.2) is 5.78 Å². The number of amides is 1. The highest BCUT2D eigenvalue weighted by Gasteiger charge is 2.50. The molecule has 0 fully saturated rings. The lowest BCUT2D eigenvalue weighted by Crippen LogP contribution is -2.45. The number of nitrogens with zero attached hydrogens (tertiary/aromatic N) is 1. The molecule has 1 amide bonds. The lowest BCUT2D eigenvalue weighted by molar-refractivity contribution is -0.170. The van der Waals surface area contributed by atoms with Crippen molar-refractivity contribution in [3.05, 3.63) is 95.2 Å². The van der Waals surface area contributed by atoms with E-state index in [1.54, 1.807) is 42.5 Å². The molecule has 202 valence electrons. The number of hydrogen-bond acceptors (Lipinski definition) is 5. The summed E-state index contributed by atoms with van der Waals surface area (Å²) in [5.74, 6) is -1.50. The Balaban J connectivity index is 1.71. The lowest BCUT2D eigenvalue weighted by Gasteiger charge is -2.35. The van der Waals surface area contributed by atoms with Gasteiger partial charge < -0.3 is 14.8 Å². The topological polar surface area (TPSA) is 67.9 Å². The van der Waals surface area contributed by atoms with Crippen molar-refractivity contribution >= 4 is 23.1 Å². The van der Waals surface area contributed by atoms with Crippen LogP contribution in [0.25, 0.3) is 0 Å². The number of benzene rings is 3. The van der Waals surface area contributed by atoms with Gasteiger partial charge in [0.1, 0.15) is 11.5 Å². The maximum absolute atomic E-state index is 14.0. The molecule has 6 nitrogen and oxygen atoms in total. The van der Waals surface area contributed by atoms with Crippen molar-refractivity contribution in [3.63, 3.8) is 0 Å². The van der Waals surface area contributed by atoms with E-state index in [0.29, 0.717) is 46.4 Å². The number of para-hydroxylation sites is 3. The molecular formula is C30H27F3N2O4. The smallest absolute Gasteiger partial charge is 0.471 e. The first-order valence-electron chi connectivity index (χ1n) is 12.6. The summed E-state index contributed by atoms with van der Waals surface area (Å²) in [6, 6.07) is 18.8. The van der Waals surface area contributed by atoms with Crippen molar-refractivity contribution in [3.8, 4) is 11.5 Å². The molecule has 0 aromatic heterocycles. The normalized spacial score (nSPS) is 19.0. The highest BCUT2D eigenvalue weighted by molar-refractivity contribution is 6.07. The minimum atomic E-state index is -5.17. The van der Waals surface area contributed by atoms with E-state index in [0.717, 1.165) is 5.56 Å². The van der Waals surface area contributed by atoms with E-state index in [1.165, 1.54) is 13.2 Å². The Bertz CT molecular complexity index is 1430. The standard InChI is InChI=1S/C30H27F3N2O4/c1-3-39-26-11-7-4-8-21(26)19-16-23-27(25(36)17-19)28(18-12-14-20(38-2)15-13-18)35(29(37)30(31,32)33)24-10-6-5-9-22(24)34-23/h4-15,19,28,34H,3,16-17H2,1-2H3. The molecule has 2 unspecified atom stereocenters. The van der Waals surface area contributed by atoms with Crippen molar-refractivity contribution in [1.82, 2.24) is 0 Å². The minimum absolute atomic E-state index is 0.0362. The van der Waals surface area contributed by atoms with Gasteiger partial charge in [0.05, 0.1) is 31.1 Å². The zero-order chi connectivity index (χ0) is 27.7. The summed E-state index contributed by atoms with van der Waals surface area (Å²) < 4.78 is 53.2. The van der Waals surface area contributed by atoms with Crippen molar-refractivity contribution in [2.45, 2.75) is 37.9 Å². The summed E-state index contributed by atoms with van der Waals surface area (Å²) in [6.45, 7) is 2.32. The van der Waals surface area contributed by atoms with Crippen LogP contribution in [-0.2, 0) is 9.59 Å². The summed E-state index contributed by atoms with van der Waals surface area (Å²) in [5, 5.41) is 3.23. The van der Waals surface area contributed by atoms with Crippen LogP contribution in [0.3, 0.4) is 0 Å². The molecule has 1 aliphatic heterocycles. The van der Waals surface area contributed by atoms with Crippen LogP contribution in [0.4, 0.5) is 24.5 Å². The second-order valence-electron chi connectivity index (χ2n) is 9.38. The summed E-state index contributed by atoms with van der Waals surface area (Å²) in [6.07, 6.45) is -4.76. The van der Waals surface area contributed by atoms with Gasteiger partial charge in [-0.15, -0.1) is 0 Å². The number of methoxy groups -OCH3 is 1. The second kappa shape index (κ2) is 10.5. The van der Waals surface area contributed by atoms with Gasteiger partial charge in [-0.3, -0.25) is 14.5 Å². The Hall–Kier alpha value is -4.27. The van der Waals surface area contributed by atoms with Crippen LogP contribution in [-0.4, -0.2) is 31.6 Å². The van der Waals surface area contributed by atoms with Crippen LogP contribution < -0.4 is 19.7 Å². The molecule has 39 heavy (non-hydrogen) atoms. The van der Waals surface area contributed by atoms with Crippen molar-refractivity contribution in [2.75, 3.05) is 23.9 Å². The van der Waals surface area contributed by atoms with Crippen LogP contribution >= 0.6 is 0 Å². The van der Waals surface area contributed by atoms with E-state index in [1.807, 2.05) is 31.2 Å². The molecule has 1 N–H and O–H groups in total. The predicted molar refractivity (Wildman–Crippen MR) is 141 cm³/mol. The number of alkyl halides is 3.